The highest BCUT2D eigenvalue weighted by atomic mass is 16.4. The normalized spacial score (nSPS) is 12.8. The maximum Gasteiger partial charge on any atom is 0.332 e. The fraction of sp³-hybridized carbons (Fsp3) is 0.400. The van der Waals surface area contributed by atoms with Gasteiger partial charge in [0.1, 0.15) is 6.04 Å². The fourth-order valence-electron chi connectivity index (χ4n) is 1.80. The molecule has 0 radical (unpaired) electrons. The van der Waals surface area contributed by atoms with Crippen LogP contribution in [0.5, 0.6) is 0 Å². The van der Waals surface area contributed by atoms with Crippen LogP contribution in [0.15, 0.2) is 15.9 Å². The van der Waals surface area contributed by atoms with Crippen molar-refractivity contribution in [3.05, 3.63) is 27.2 Å². The van der Waals surface area contributed by atoms with E-state index in [1.807, 2.05) is 0 Å². The molecule has 1 atom stereocenters. The molecule has 0 spiro atoms. The van der Waals surface area contributed by atoms with Gasteiger partial charge in [-0.25, -0.2) is 14.6 Å². The van der Waals surface area contributed by atoms with Crippen molar-refractivity contribution in [3.63, 3.8) is 0 Å². The van der Waals surface area contributed by atoms with E-state index in [9.17, 15) is 14.4 Å². The third-order valence-corrected chi connectivity index (χ3v) is 2.94. The zero-order valence-electron chi connectivity index (χ0n) is 10.1. The Bertz CT molecular complexity index is 752. The van der Waals surface area contributed by atoms with Gasteiger partial charge in [-0.1, -0.05) is 0 Å². The molecule has 0 saturated heterocycles. The van der Waals surface area contributed by atoms with E-state index in [2.05, 4.69) is 4.98 Å². The van der Waals surface area contributed by atoms with Crippen molar-refractivity contribution in [1.29, 1.82) is 0 Å². The second kappa shape index (κ2) is 3.83. The van der Waals surface area contributed by atoms with Gasteiger partial charge in [0.2, 0.25) is 0 Å². The van der Waals surface area contributed by atoms with E-state index in [4.69, 9.17) is 5.11 Å². The van der Waals surface area contributed by atoms with E-state index in [1.54, 1.807) is 0 Å². The van der Waals surface area contributed by atoms with Gasteiger partial charge in [0.05, 0.1) is 6.33 Å². The van der Waals surface area contributed by atoms with Crippen LogP contribution in [-0.2, 0) is 18.9 Å². The first-order chi connectivity index (χ1) is 8.36. The average Bonchev–Trinajstić information content (AvgIpc) is 2.77. The molecular weight excluding hydrogens is 240 g/mol. The lowest BCUT2D eigenvalue weighted by Gasteiger charge is -2.11. The number of carboxylic acids is 1. The zero-order valence-corrected chi connectivity index (χ0v) is 10.1. The maximum absolute atomic E-state index is 11.8. The Labute approximate surface area is 101 Å². The highest BCUT2D eigenvalue weighted by molar-refractivity contribution is 5.76. The van der Waals surface area contributed by atoms with Crippen LogP contribution in [0.25, 0.3) is 11.2 Å². The molecule has 0 aliphatic rings. The summed E-state index contributed by atoms with van der Waals surface area (Å²) in [5.74, 6) is -1.07. The Morgan fingerprint density at radius 2 is 1.94 bits per heavy atom. The Balaban J connectivity index is 2.95. The number of rotatable bonds is 2. The largest absolute Gasteiger partial charge is 0.480 e. The van der Waals surface area contributed by atoms with Crippen molar-refractivity contribution in [2.24, 2.45) is 14.1 Å². The highest BCUT2D eigenvalue weighted by Crippen LogP contribution is 2.13. The Morgan fingerprint density at radius 3 is 2.50 bits per heavy atom. The first-order valence-corrected chi connectivity index (χ1v) is 5.21. The lowest BCUT2D eigenvalue weighted by atomic mass is 10.3. The van der Waals surface area contributed by atoms with Crippen molar-refractivity contribution in [1.82, 2.24) is 18.7 Å². The van der Waals surface area contributed by atoms with Crippen molar-refractivity contribution in [2.75, 3.05) is 0 Å². The van der Waals surface area contributed by atoms with Crippen molar-refractivity contribution in [3.8, 4) is 0 Å². The number of aromatic nitrogens is 4. The van der Waals surface area contributed by atoms with Crippen LogP contribution in [-0.4, -0.2) is 29.8 Å². The number of nitrogens with zero attached hydrogens (tertiary/aromatic N) is 4. The molecule has 2 aromatic heterocycles. The number of hydrogen-bond donors (Lipinski definition) is 1. The minimum atomic E-state index is -1.07. The predicted octanol–water partition coefficient (Wildman–Crippen LogP) is -0.921. The second-order valence-corrected chi connectivity index (χ2v) is 4.04. The second-order valence-electron chi connectivity index (χ2n) is 4.04. The van der Waals surface area contributed by atoms with Gasteiger partial charge in [0.15, 0.2) is 11.2 Å². The van der Waals surface area contributed by atoms with Crippen LogP contribution in [0.3, 0.4) is 0 Å². The smallest absolute Gasteiger partial charge is 0.332 e. The highest BCUT2D eigenvalue weighted by Gasteiger charge is 2.20. The summed E-state index contributed by atoms with van der Waals surface area (Å²) in [6, 6.07) is -0.910. The summed E-state index contributed by atoms with van der Waals surface area (Å²) >= 11 is 0. The number of aliphatic carboxylic acids is 1. The van der Waals surface area contributed by atoms with Crippen molar-refractivity contribution in [2.45, 2.75) is 13.0 Å². The van der Waals surface area contributed by atoms with Crippen LogP contribution in [0.1, 0.15) is 13.0 Å². The first-order valence-electron chi connectivity index (χ1n) is 5.21. The number of aryl methyl sites for hydroxylation is 1. The summed E-state index contributed by atoms with van der Waals surface area (Å²) in [6.07, 6.45) is 1.25. The molecule has 8 nitrogen and oxygen atoms in total. The topological polar surface area (TPSA) is 99.1 Å². The molecule has 1 N–H and O–H groups in total. The van der Waals surface area contributed by atoms with E-state index in [0.717, 1.165) is 4.57 Å². The molecule has 18 heavy (non-hydrogen) atoms. The van der Waals surface area contributed by atoms with E-state index < -0.39 is 23.3 Å². The molecule has 0 aromatic carbocycles. The Hall–Kier alpha value is -2.38. The molecule has 0 aliphatic carbocycles. The summed E-state index contributed by atoms with van der Waals surface area (Å²) in [5, 5.41) is 8.98. The molecule has 2 aromatic rings. The quantitative estimate of drug-likeness (QED) is 0.745. The number of carbonyl (C=O) groups is 1. The molecule has 0 aliphatic heterocycles. The SMILES string of the molecule is CC(C(=O)O)n1cnc2c(=O)n(C)c(=O)n(C)c21. The van der Waals surface area contributed by atoms with Crippen molar-refractivity contribution < 1.29 is 9.90 Å². The predicted molar refractivity (Wildman–Crippen MR) is 62.6 cm³/mol. The van der Waals surface area contributed by atoms with E-state index in [-0.39, 0.29) is 11.2 Å². The lowest BCUT2D eigenvalue weighted by Crippen LogP contribution is -2.37. The lowest BCUT2D eigenvalue weighted by molar-refractivity contribution is -0.140. The van der Waals surface area contributed by atoms with Crippen LogP contribution in [0, 0.1) is 0 Å². The number of fused-ring (bicyclic) bond motifs is 1. The minimum Gasteiger partial charge on any atom is -0.480 e. The minimum absolute atomic E-state index is 0.0766. The molecule has 96 valence electrons. The summed E-state index contributed by atoms with van der Waals surface area (Å²) in [7, 11) is 2.82. The number of hydrogen-bond acceptors (Lipinski definition) is 4. The molecule has 0 bridgehead atoms. The molecule has 1 unspecified atom stereocenters. The maximum atomic E-state index is 11.8. The average molecular weight is 252 g/mol. The first kappa shape index (κ1) is 12.1. The van der Waals surface area contributed by atoms with Gasteiger partial charge in [-0.2, -0.15) is 0 Å². The third-order valence-electron chi connectivity index (χ3n) is 2.94. The number of carboxylic acid groups (broad SMARTS) is 1. The fourth-order valence-corrected chi connectivity index (χ4v) is 1.80. The molecular formula is C10H12N4O4. The van der Waals surface area contributed by atoms with E-state index in [0.29, 0.717) is 0 Å². The molecule has 2 heterocycles. The Morgan fingerprint density at radius 1 is 1.33 bits per heavy atom. The van der Waals surface area contributed by atoms with E-state index in [1.165, 1.54) is 36.5 Å². The number of imidazole rings is 1. The van der Waals surface area contributed by atoms with E-state index >= 15 is 0 Å². The molecule has 2 rings (SSSR count). The summed E-state index contributed by atoms with van der Waals surface area (Å²) < 4.78 is 3.44. The molecule has 0 amide bonds. The monoisotopic (exact) mass is 252 g/mol. The van der Waals surface area contributed by atoms with Crippen LogP contribution in [0.2, 0.25) is 0 Å². The van der Waals surface area contributed by atoms with Crippen LogP contribution in [0.4, 0.5) is 0 Å². The van der Waals surface area contributed by atoms with Gasteiger partial charge < -0.3 is 9.67 Å². The summed E-state index contributed by atoms with van der Waals surface area (Å²) in [4.78, 5) is 38.5. The summed E-state index contributed by atoms with van der Waals surface area (Å²) in [6.45, 7) is 1.45. The van der Waals surface area contributed by atoms with Crippen molar-refractivity contribution >= 4 is 17.1 Å². The van der Waals surface area contributed by atoms with Gasteiger partial charge in [-0.15, -0.1) is 0 Å². The van der Waals surface area contributed by atoms with Gasteiger partial charge in [0.25, 0.3) is 5.56 Å². The van der Waals surface area contributed by atoms with Crippen LogP contribution >= 0.6 is 0 Å². The molecule has 0 saturated carbocycles. The van der Waals surface area contributed by atoms with Crippen LogP contribution < -0.4 is 11.2 Å². The van der Waals surface area contributed by atoms with Gasteiger partial charge in [0, 0.05) is 14.1 Å². The van der Waals surface area contributed by atoms with Gasteiger partial charge in [-0.3, -0.25) is 13.9 Å². The standard InChI is InChI=1S/C10H12N4O4/c1-5(9(16)17)14-4-11-6-7(14)12(2)10(18)13(3)8(6)15/h4-5H,1-3H3,(H,16,17). The van der Waals surface area contributed by atoms with Gasteiger partial charge in [-0.05, 0) is 6.92 Å². The molecule has 0 fully saturated rings. The third kappa shape index (κ3) is 1.45. The summed E-state index contributed by atoms with van der Waals surface area (Å²) in [5.41, 5.74) is -0.776. The zero-order chi connectivity index (χ0) is 13.6. The molecule has 8 heteroatoms. The Kier molecular flexibility index (Phi) is 2.57. The van der Waals surface area contributed by atoms with Gasteiger partial charge >= 0.3 is 11.7 Å².